The van der Waals surface area contributed by atoms with Crippen molar-refractivity contribution < 1.29 is 9.59 Å². The largest absolute Gasteiger partial charge is 0.364 e. The van der Waals surface area contributed by atoms with Gasteiger partial charge in [0.15, 0.2) is 11.5 Å². The van der Waals surface area contributed by atoms with Crippen molar-refractivity contribution in [3.63, 3.8) is 0 Å². The molecule has 0 aliphatic carbocycles. The number of hydrogen-bond acceptors (Lipinski definition) is 8. The summed E-state index contributed by atoms with van der Waals surface area (Å²) in [6.07, 6.45) is 2.27. The van der Waals surface area contributed by atoms with E-state index < -0.39 is 5.91 Å². The molecule has 0 bridgehead atoms. The van der Waals surface area contributed by atoms with Crippen LogP contribution in [-0.2, 0) is 0 Å². The molecule has 1 fully saturated rings. The number of rotatable bonds is 5. The lowest BCUT2D eigenvalue weighted by Gasteiger charge is -2.21. The van der Waals surface area contributed by atoms with Crippen LogP contribution < -0.4 is 16.4 Å². The Morgan fingerprint density at radius 1 is 1.41 bits per heavy atom. The van der Waals surface area contributed by atoms with Crippen molar-refractivity contribution in [2.45, 2.75) is 19.4 Å². The average molecular weight is 390 g/mol. The van der Waals surface area contributed by atoms with Gasteiger partial charge in [0.05, 0.1) is 11.9 Å². The molecule has 1 aliphatic heterocycles. The second kappa shape index (κ2) is 7.74. The molecule has 0 radical (unpaired) electrons. The summed E-state index contributed by atoms with van der Waals surface area (Å²) in [5, 5.41) is 7.06. The van der Waals surface area contributed by atoms with Gasteiger partial charge in [-0.1, -0.05) is 0 Å². The van der Waals surface area contributed by atoms with Gasteiger partial charge in [-0.05, 0) is 30.9 Å². The van der Waals surface area contributed by atoms with E-state index in [4.69, 9.17) is 5.73 Å². The number of carbonyl (C=O) groups is 2. The Kier molecular flexibility index (Phi) is 5.40. The standard InChI is InChI=1S/C16H22N8O2S/c1-9-6-12(27-22-9)21-15-13(14(17)25)18-7-11(20-15)19-10-4-5-24(8-10)16(26)23(2)3/h6-7,10H,4-5,8H2,1-3H3,(H2,17,25)(H2,19,20,21)/t10-/m1/s1. The fourth-order valence-corrected chi connectivity index (χ4v) is 3.47. The van der Waals surface area contributed by atoms with Crippen molar-refractivity contribution in [2.24, 2.45) is 5.73 Å². The molecule has 2 aromatic heterocycles. The third kappa shape index (κ3) is 4.42. The minimum absolute atomic E-state index is 0.0163. The molecule has 3 heterocycles. The molecule has 4 N–H and O–H groups in total. The molecular formula is C16H22N8O2S. The third-order valence-corrected chi connectivity index (χ3v) is 4.86. The van der Waals surface area contributed by atoms with E-state index in [9.17, 15) is 9.59 Å². The van der Waals surface area contributed by atoms with Crippen molar-refractivity contribution in [1.29, 1.82) is 0 Å². The first-order valence-electron chi connectivity index (χ1n) is 8.43. The van der Waals surface area contributed by atoms with Crippen molar-refractivity contribution in [2.75, 3.05) is 37.8 Å². The van der Waals surface area contributed by atoms with Crippen LogP contribution in [0.2, 0.25) is 0 Å². The lowest BCUT2D eigenvalue weighted by molar-refractivity contribution is 0.0996. The molecular weight excluding hydrogens is 368 g/mol. The van der Waals surface area contributed by atoms with Crippen LogP contribution in [0.1, 0.15) is 22.6 Å². The molecule has 1 aliphatic rings. The van der Waals surface area contributed by atoms with Gasteiger partial charge < -0.3 is 26.2 Å². The summed E-state index contributed by atoms with van der Waals surface area (Å²) in [6, 6.07) is 1.89. The summed E-state index contributed by atoms with van der Waals surface area (Å²) >= 11 is 1.26. The maximum Gasteiger partial charge on any atom is 0.319 e. The Labute approximate surface area is 160 Å². The predicted octanol–water partition coefficient (Wildman–Crippen LogP) is 1.25. The van der Waals surface area contributed by atoms with Gasteiger partial charge >= 0.3 is 6.03 Å². The molecule has 0 spiro atoms. The van der Waals surface area contributed by atoms with Crippen LogP contribution in [0.25, 0.3) is 0 Å². The highest BCUT2D eigenvalue weighted by Crippen LogP contribution is 2.24. The van der Waals surface area contributed by atoms with Crippen LogP contribution >= 0.6 is 11.5 Å². The summed E-state index contributed by atoms with van der Waals surface area (Å²) in [5.74, 6) is 0.115. The predicted molar refractivity (Wildman–Crippen MR) is 103 cm³/mol. The van der Waals surface area contributed by atoms with Gasteiger partial charge in [-0.2, -0.15) is 4.37 Å². The van der Waals surface area contributed by atoms with E-state index in [0.29, 0.717) is 18.9 Å². The number of nitrogens with one attached hydrogen (secondary N) is 2. The molecule has 2 aromatic rings. The highest BCUT2D eigenvalue weighted by molar-refractivity contribution is 7.10. The van der Waals surface area contributed by atoms with Crippen LogP contribution in [0.4, 0.5) is 21.4 Å². The minimum atomic E-state index is -0.665. The highest BCUT2D eigenvalue weighted by atomic mass is 32.1. The number of anilines is 3. The lowest BCUT2D eigenvalue weighted by atomic mass is 10.2. The molecule has 1 atom stereocenters. The van der Waals surface area contributed by atoms with Gasteiger partial charge in [0, 0.05) is 33.2 Å². The second-order valence-corrected chi connectivity index (χ2v) is 7.33. The van der Waals surface area contributed by atoms with Gasteiger partial charge in [-0.3, -0.25) is 4.79 Å². The Morgan fingerprint density at radius 3 is 2.81 bits per heavy atom. The van der Waals surface area contributed by atoms with E-state index in [-0.39, 0.29) is 23.6 Å². The van der Waals surface area contributed by atoms with E-state index in [2.05, 4.69) is 25.0 Å². The van der Waals surface area contributed by atoms with Crippen molar-refractivity contribution >= 4 is 40.1 Å². The van der Waals surface area contributed by atoms with Crippen LogP contribution in [0.15, 0.2) is 12.3 Å². The van der Waals surface area contributed by atoms with Gasteiger partial charge in [-0.15, -0.1) is 0 Å². The van der Waals surface area contributed by atoms with Gasteiger partial charge in [0.25, 0.3) is 5.91 Å². The summed E-state index contributed by atoms with van der Waals surface area (Å²) < 4.78 is 4.19. The van der Waals surface area contributed by atoms with Gasteiger partial charge in [0.1, 0.15) is 10.8 Å². The van der Waals surface area contributed by atoms with E-state index in [1.165, 1.54) is 17.7 Å². The number of aryl methyl sites for hydroxylation is 1. The zero-order chi connectivity index (χ0) is 19.6. The average Bonchev–Trinajstić information content (AvgIpc) is 3.23. The molecule has 3 amide bonds. The molecule has 0 aromatic carbocycles. The topological polar surface area (TPSA) is 129 Å². The monoisotopic (exact) mass is 390 g/mol. The van der Waals surface area contributed by atoms with Crippen LogP contribution in [0, 0.1) is 6.92 Å². The summed E-state index contributed by atoms with van der Waals surface area (Å²) in [7, 11) is 3.46. The molecule has 11 heteroatoms. The molecule has 0 unspecified atom stereocenters. The first-order valence-corrected chi connectivity index (χ1v) is 9.20. The number of hydrogen-bond donors (Lipinski definition) is 3. The van der Waals surface area contributed by atoms with Crippen molar-refractivity contribution in [1.82, 2.24) is 24.1 Å². The van der Waals surface area contributed by atoms with E-state index in [1.54, 1.807) is 23.9 Å². The lowest BCUT2D eigenvalue weighted by Crippen LogP contribution is -2.38. The Bertz CT molecular complexity index is 853. The first kappa shape index (κ1) is 18.8. The fraction of sp³-hybridized carbons (Fsp3) is 0.438. The summed E-state index contributed by atoms with van der Waals surface area (Å²) in [5.41, 5.74) is 6.32. The first-order chi connectivity index (χ1) is 12.8. The SMILES string of the molecule is Cc1cc(Nc2nc(N[C@@H]3CCN(C(=O)N(C)C)C3)cnc2C(N)=O)sn1. The fourth-order valence-electron chi connectivity index (χ4n) is 2.81. The van der Waals surface area contributed by atoms with Crippen molar-refractivity contribution in [3.05, 3.63) is 23.7 Å². The minimum Gasteiger partial charge on any atom is -0.364 e. The third-order valence-electron chi connectivity index (χ3n) is 4.07. The van der Waals surface area contributed by atoms with Crippen molar-refractivity contribution in [3.8, 4) is 0 Å². The number of amides is 3. The van der Waals surface area contributed by atoms with Crippen LogP contribution in [0.3, 0.4) is 0 Å². The zero-order valence-electron chi connectivity index (χ0n) is 15.4. The zero-order valence-corrected chi connectivity index (χ0v) is 16.2. The number of primary amides is 1. The number of likely N-dealkylation sites (tertiary alicyclic amines) is 1. The van der Waals surface area contributed by atoms with E-state index in [0.717, 1.165) is 17.1 Å². The van der Waals surface area contributed by atoms with Crippen LogP contribution in [0.5, 0.6) is 0 Å². The van der Waals surface area contributed by atoms with Gasteiger partial charge in [0.2, 0.25) is 0 Å². The van der Waals surface area contributed by atoms with Crippen LogP contribution in [-0.4, -0.2) is 69.3 Å². The Balaban J connectivity index is 1.74. The van der Waals surface area contributed by atoms with E-state index in [1.807, 2.05) is 13.0 Å². The Hall–Kier alpha value is -2.95. The maximum absolute atomic E-state index is 12.1. The molecule has 27 heavy (non-hydrogen) atoms. The highest BCUT2D eigenvalue weighted by Gasteiger charge is 2.27. The smallest absolute Gasteiger partial charge is 0.319 e. The summed E-state index contributed by atoms with van der Waals surface area (Å²) in [4.78, 5) is 35.6. The van der Waals surface area contributed by atoms with E-state index >= 15 is 0 Å². The molecule has 144 valence electrons. The van der Waals surface area contributed by atoms with Gasteiger partial charge in [-0.25, -0.2) is 14.8 Å². The number of nitrogens with zero attached hydrogens (tertiary/aromatic N) is 5. The normalized spacial score (nSPS) is 16.3. The number of nitrogens with two attached hydrogens (primary N) is 1. The molecule has 1 saturated heterocycles. The number of urea groups is 1. The quantitative estimate of drug-likeness (QED) is 0.700. The number of aromatic nitrogens is 3. The summed E-state index contributed by atoms with van der Waals surface area (Å²) in [6.45, 7) is 3.13. The molecule has 3 rings (SSSR count). The Morgan fingerprint density at radius 2 is 2.19 bits per heavy atom. The maximum atomic E-state index is 12.1. The molecule has 0 saturated carbocycles. The molecule has 10 nitrogen and oxygen atoms in total. The number of carbonyl (C=O) groups excluding carboxylic acids is 2. The second-order valence-electron chi connectivity index (χ2n) is 6.53.